The molecule has 1 aromatic carbocycles. The van der Waals surface area contributed by atoms with Crippen molar-refractivity contribution in [3.8, 4) is 0 Å². The van der Waals surface area contributed by atoms with Crippen LogP contribution in [0.4, 0.5) is 5.69 Å². The molecular weight excluding hydrogens is 192 g/mol. The molecule has 0 amide bonds. The summed E-state index contributed by atoms with van der Waals surface area (Å²) in [6, 6.07) is 5.69. The third kappa shape index (κ3) is 2.41. The third-order valence-electron chi connectivity index (χ3n) is 1.51. The van der Waals surface area contributed by atoms with Crippen LogP contribution in [0.5, 0.6) is 0 Å². The van der Waals surface area contributed by atoms with Gasteiger partial charge in [0.25, 0.3) is 10.8 Å². The van der Waals surface area contributed by atoms with E-state index in [0.717, 1.165) is 0 Å². The lowest BCUT2D eigenvalue weighted by Gasteiger charge is -2.00. The zero-order valence-electron chi connectivity index (χ0n) is 6.95. The predicted molar refractivity (Wildman–Crippen MR) is 44.9 cm³/mol. The summed E-state index contributed by atoms with van der Waals surface area (Å²) in [6.45, 7) is -0.413. The highest BCUT2D eigenvalue weighted by molar-refractivity contribution is 5.39. The van der Waals surface area contributed by atoms with Gasteiger partial charge in [0, 0.05) is 6.07 Å². The van der Waals surface area contributed by atoms with Gasteiger partial charge in [-0.2, -0.15) is 0 Å². The second-order valence-corrected chi connectivity index (χ2v) is 2.38. The summed E-state index contributed by atoms with van der Waals surface area (Å²) >= 11 is 0. The van der Waals surface area contributed by atoms with Gasteiger partial charge >= 0.3 is 0 Å². The van der Waals surface area contributed by atoms with Crippen molar-refractivity contribution in [2.75, 3.05) is 0 Å². The number of benzene rings is 1. The maximum atomic E-state index is 10.4. The van der Waals surface area contributed by atoms with Gasteiger partial charge in [-0.1, -0.05) is 18.2 Å². The predicted octanol–water partition coefficient (Wildman–Crippen LogP) is 1.30. The first-order valence-corrected chi connectivity index (χ1v) is 3.61. The molecule has 7 nitrogen and oxygen atoms in total. The van der Waals surface area contributed by atoms with Crippen LogP contribution < -0.4 is 0 Å². The Morgan fingerprint density at radius 2 is 1.86 bits per heavy atom. The molecule has 0 heterocycles. The molecule has 14 heavy (non-hydrogen) atoms. The molecule has 0 aliphatic heterocycles. The minimum Gasteiger partial charge on any atom is -0.309 e. The number of nitro benzene ring substituents is 1. The van der Waals surface area contributed by atoms with Crippen LogP contribution in [0.15, 0.2) is 24.3 Å². The zero-order chi connectivity index (χ0) is 10.6. The number of hydrogen-bond acceptors (Lipinski definition) is 5. The van der Waals surface area contributed by atoms with Crippen molar-refractivity contribution in [2.24, 2.45) is 0 Å². The van der Waals surface area contributed by atoms with Crippen LogP contribution in [-0.4, -0.2) is 10.0 Å². The fourth-order valence-electron chi connectivity index (χ4n) is 0.933. The van der Waals surface area contributed by atoms with Crippen molar-refractivity contribution >= 4 is 5.69 Å². The van der Waals surface area contributed by atoms with E-state index in [4.69, 9.17) is 0 Å². The summed E-state index contributed by atoms with van der Waals surface area (Å²) in [7, 11) is 0. The van der Waals surface area contributed by atoms with Crippen molar-refractivity contribution in [1.82, 2.24) is 0 Å². The Bertz CT molecular complexity index is 365. The average Bonchev–Trinajstić information content (AvgIpc) is 2.15. The van der Waals surface area contributed by atoms with E-state index in [1.165, 1.54) is 18.2 Å². The van der Waals surface area contributed by atoms with E-state index in [0.29, 0.717) is 0 Å². The van der Waals surface area contributed by atoms with Gasteiger partial charge < -0.3 is 4.84 Å². The molecule has 0 spiro atoms. The van der Waals surface area contributed by atoms with E-state index in [1.807, 2.05) is 0 Å². The van der Waals surface area contributed by atoms with Crippen LogP contribution in [0.1, 0.15) is 5.56 Å². The minimum absolute atomic E-state index is 0.175. The Morgan fingerprint density at radius 1 is 1.21 bits per heavy atom. The van der Waals surface area contributed by atoms with E-state index in [2.05, 4.69) is 4.84 Å². The SMILES string of the molecule is O=[N+]([O-])OCc1ccccc1[N+](=O)[O-]. The van der Waals surface area contributed by atoms with Gasteiger partial charge in [0.2, 0.25) is 0 Å². The fourth-order valence-corrected chi connectivity index (χ4v) is 0.933. The van der Waals surface area contributed by atoms with Gasteiger partial charge in [-0.25, -0.2) is 0 Å². The first kappa shape index (κ1) is 9.90. The first-order chi connectivity index (χ1) is 6.61. The first-order valence-electron chi connectivity index (χ1n) is 3.61. The van der Waals surface area contributed by atoms with E-state index in [-0.39, 0.29) is 11.3 Å². The second kappa shape index (κ2) is 4.17. The molecule has 0 aromatic heterocycles. The third-order valence-corrected chi connectivity index (χ3v) is 1.51. The quantitative estimate of drug-likeness (QED) is 0.536. The lowest BCUT2D eigenvalue weighted by Crippen LogP contribution is -2.02. The Hall–Kier alpha value is -2.18. The normalized spacial score (nSPS) is 9.43. The van der Waals surface area contributed by atoms with Crippen molar-refractivity contribution < 1.29 is 14.8 Å². The molecule has 0 fully saturated rings. The lowest BCUT2D eigenvalue weighted by atomic mass is 10.2. The van der Waals surface area contributed by atoms with Crippen molar-refractivity contribution in [2.45, 2.75) is 6.61 Å². The fraction of sp³-hybridized carbons (Fsp3) is 0.143. The topological polar surface area (TPSA) is 95.5 Å². The molecule has 0 bridgehead atoms. The molecule has 0 saturated carbocycles. The Balaban J connectivity index is 2.84. The monoisotopic (exact) mass is 198 g/mol. The maximum Gasteiger partial charge on any atom is 0.294 e. The van der Waals surface area contributed by atoms with Gasteiger partial charge in [-0.15, -0.1) is 10.1 Å². The van der Waals surface area contributed by atoms with Gasteiger partial charge in [-0.05, 0) is 0 Å². The van der Waals surface area contributed by atoms with Crippen LogP contribution in [0, 0.1) is 20.2 Å². The highest BCUT2D eigenvalue weighted by atomic mass is 16.9. The van der Waals surface area contributed by atoms with Crippen LogP contribution in [0.2, 0.25) is 0 Å². The van der Waals surface area contributed by atoms with E-state index >= 15 is 0 Å². The maximum absolute atomic E-state index is 10.4. The zero-order valence-corrected chi connectivity index (χ0v) is 6.95. The van der Waals surface area contributed by atoms with Gasteiger partial charge in [0.15, 0.2) is 0 Å². The van der Waals surface area contributed by atoms with Crippen LogP contribution >= 0.6 is 0 Å². The van der Waals surface area contributed by atoms with Crippen molar-refractivity contribution in [1.29, 1.82) is 0 Å². The smallest absolute Gasteiger partial charge is 0.294 e. The van der Waals surface area contributed by atoms with Crippen molar-refractivity contribution in [3.63, 3.8) is 0 Å². The molecule has 1 aromatic rings. The number of rotatable bonds is 4. The molecule has 0 N–H and O–H groups in total. The molecule has 0 aliphatic carbocycles. The number of nitrogens with zero attached hydrogens (tertiary/aromatic N) is 2. The molecule has 0 atom stereocenters. The van der Waals surface area contributed by atoms with Crippen LogP contribution in [0.3, 0.4) is 0 Å². The lowest BCUT2D eigenvalue weighted by molar-refractivity contribution is -0.763. The largest absolute Gasteiger partial charge is 0.309 e. The number of nitro groups is 1. The Morgan fingerprint density at radius 3 is 2.43 bits per heavy atom. The summed E-state index contributed by atoms with van der Waals surface area (Å²) in [5.41, 5.74) is -0.0106. The minimum atomic E-state index is -0.989. The summed E-state index contributed by atoms with van der Waals surface area (Å²) in [6.07, 6.45) is 0. The summed E-state index contributed by atoms with van der Waals surface area (Å²) in [5.74, 6) is 0. The molecule has 0 saturated heterocycles. The molecule has 7 heteroatoms. The van der Waals surface area contributed by atoms with Crippen LogP contribution in [-0.2, 0) is 11.4 Å². The number of hydrogen-bond donors (Lipinski definition) is 0. The molecular formula is C7H6N2O5. The molecule has 1 rings (SSSR count). The van der Waals surface area contributed by atoms with Gasteiger partial charge in [0.1, 0.15) is 6.61 Å². The van der Waals surface area contributed by atoms with Crippen molar-refractivity contribution in [3.05, 3.63) is 50.1 Å². The van der Waals surface area contributed by atoms with Gasteiger partial charge in [0.05, 0.1) is 10.5 Å². The summed E-state index contributed by atoms with van der Waals surface area (Å²) < 4.78 is 0. The highest BCUT2D eigenvalue weighted by Crippen LogP contribution is 2.18. The average molecular weight is 198 g/mol. The molecule has 74 valence electrons. The standard InChI is InChI=1S/C7H6N2O5/c10-8(11)7-4-2-1-3-6(7)5-14-9(12)13/h1-4H,5H2. The number of para-hydroxylation sites is 1. The van der Waals surface area contributed by atoms with E-state index < -0.39 is 16.6 Å². The summed E-state index contributed by atoms with van der Waals surface area (Å²) in [5, 5.41) is 19.3. The second-order valence-electron chi connectivity index (χ2n) is 2.38. The molecule has 0 aliphatic rings. The molecule has 0 radical (unpaired) electrons. The van der Waals surface area contributed by atoms with Gasteiger partial charge in [-0.3, -0.25) is 10.1 Å². The Kier molecular flexibility index (Phi) is 2.95. The Labute approximate surface area is 78.2 Å². The van der Waals surface area contributed by atoms with Crippen LogP contribution in [0.25, 0.3) is 0 Å². The van der Waals surface area contributed by atoms with E-state index in [1.54, 1.807) is 6.07 Å². The summed E-state index contributed by atoms with van der Waals surface area (Å²) in [4.78, 5) is 23.7. The highest BCUT2D eigenvalue weighted by Gasteiger charge is 2.12. The molecule has 0 unspecified atom stereocenters. The van der Waals surface area contributed by atoms with E-state index in [9.17, 15) is 20.2 Å².